The molecule has 0 radical (unpaired) electrons. The summed E-state index contributed by atoms with van der Waals surface area (Å²) in [5.74, 6) is -0.903. The van der Waals surface area contributed by atoms with Gasteiger partial charge in [0, 0.05) is 23.1 Å². The number of ether oxygens (including phenoxy) is 4. The molecule has 0 aliphatic carbocycles. The van der Waals surface area contributed by atoms with Gasteiger partial charge in [-0.15, -0.1) is 0 Å². The molecule has 0 fully saturated rings. The number of phenolic OH excluding ortho intramolecular Hbond substituents is 2. The highest BCUT2D eigenvalue weighted by molar-refractivity contribution is 5.81. The van der Waals surface area contributed by atoms with Crippen LogP contribution in [0.4, 0.5) is 0 Å². The number of phenols is 2. The Kier molecular flexibility index (Phi) is 8.91. The van der Waals surface area contributed by atoms with E-state index in [1.165, 1.54) is 6.07 Å². The van der Waals surface area contributed by atoms with Crippen molar-refractivity contribution in [3.63, 3.8) is 0 Å². The van der Waals surface area contributed by atoms with Crippen LogP contribution < -0.4 is 9.47 Å². The number of esters is 2. The molecule has 0 bridgehead atoms. The number of carbonyl (C=O) groups is 2. The second kappa shape index (κ2) is 11.6. The van der Waals surface area contributed by atoms with Crippen LogP contribution in [0.25, 0.3) is 0 Å². The van der Waals surface area contributed by atoms with Gasteiger partial charge in [0.1, 0.15) is 32.2 Å². The lowest BCUT2D eigenvalue weighted by Gasteiger charge is -2.29. The van der Waals surface area contributed by atoms with E-state index in [9.17, 15) is 19.8 Å². The predicted octanol–water partition coefficient (Wildman–Crippen LogP) is 3.64. The first-order valence-electron chi connectivity index (χ1n) is 10.2. The van der Waals surface area contributed by atoms with Crippen LogP contribution in [-0.4, -0.2) is 48.6 Å². The number of hydrogen-bond donors (Lipinski definition) is 2. The third-order valence-corrected chi connectivity index (χ3v) is 4.84. The lowest BCUT2D eigenvalue weighted by atomic mass is 9.77. The van der Waals surface area contributed by atoms with Gasteiger partial charge in [0.2, 0.25) is 5.75 Å². The standard InChI is InChI=1S/C25H28O8/c1-5-21(28)30-13-15-32-23-19(25(3,4)17-7-9-18(26)10-8-17)11-12-20(27)24(23)33-16-14-31-22(29)6-2/h5-12,26-27H,1-2,13-16H2,3-4H3. The minimum absolute atomic E-state index is 0.0104. The lowest BCUT2D eigenvalue weighted by molar-refractivity contribution is -0.139. The Bertz CT molecular complexity index is 992. The quantitative estimate of drug-likeness (QED) is 0.283. The minimum atomic E-state index is -0.623. The molecule has 0 aliphatic heterocycles. The third-order valence-electron chi connectivity index (χ3n) is 4.84. The molecule has 0 atom stereocenters. The first kappa shape index (κ1) is 25.3. The number of aromatic hydroxyl groups is 2. The molecule has 0 unspecified atom stereocenters. The molecule has 8 nitrogen and oxygen atoms in total. The van der Waals surface area contributed by atoms with Gasteiger partial charge in [-0.25, -0.2) is 9.59 Å². The van der Waals surface area contributed by atoms with E-state index in [-0.39, 0.29) is 49.4 Å². The molecule has 0 amide bonds. The van der Waals surface area contributed by atoms with Crippen molar-refractivity contribution in [1.82, 2.24) is 0 Å². The first-order chi connectivity index (χ1) is 15.7. The zero-order chi connectivity index (χ0) is 24.4. The fraction of sp³-hybridized carbons (Fsp3) is 0.280. The van der Waals surface area contributed by atoms with Gasteiger partial charge in [0.15, 0.2) is 11.5 Å². The topological polar surface area (TPSA) is 112 Å². The van der Waals surface area contributed by atoms with Crippen molar-refractivity contribution in [2.75, 3.05) is 26.4 Å². The molecule has 0 heterocycles. The maximum atomic E-state index is 11.3. The Labute approximate surface area is 192 Å². The average Bonchev–Trinajstić information content (AvgIpc) is 2.80. The number of hydrogen-bond acceptors (Lipinski definition) is 8. The summed E-state index contributed by atoms with van der Waals surface area (Å²) < 4.78 is 21.5. The molecule has 176 valence electrons. The summed E-state index contributed by atoms with van der Waals surface area (Å²) in [6.07, 6.45) is 2.09. The summed E-state index contributed by atoms with van der Waals surface area (Å²) in [7, 11) is 0. The van der Waals surface area contributed by atoms with Gasteiger partial charge < -0.3 is 29.2 Å². The fourth-order valence-corrected chi connectivity index (χ4v) is 3.05. The Morgan fingerprint density at radius 2 is 1.33 bits per heavy atom. The van der Waals surface area contributed by atoms with Gasteiger partial charge in [-0.05, 0) is 23.8 Å². The molecular weight excluding hydrogens is 428 g/mol. The van der Waals surface area contributed by atoms with Gasteiger partial charge in [-0.3, -0.25) is 0 Å². The van der Waals surface area contributed by atoms with Crippen LogP contribution in [0.15, 0.2) is 61.7 Å². The highest BCUT2D eigenvalue weighted by Gasteiger charge is 2.30. The van der Waals surface area contributed by atoms with Crippen LogP contribution >= 0.6 is 0 Å². The van der Waals surface area contributed by atoms with E-state index in [1.807, 2.05) is 13.8 Å². The Morgan fingerprint density at radius 1 is 0.818 bits per heavy atom. The molecule has 0 saturated heterocycles. The summed E-state index contributed by atoms with van der Waals surface area (Å²) >= 11 is 0. The zero-order valence-corrected chi connectivity index (χ0v) is 18.7. The van der Waals surface area contributed by atoms with E-state index in [2.05, 4.69) is 13.2 Å². The first-order valence-corrected chi connectivity index (χ1v) is 10.2. The molecule has 0 aliphatic rings. The molecule has 0 aromatic heterocycles. The second-order valence-electron chi connectivity index (χ2n) is 7.40. The van der Waals surface area contributed by atoms with E-state index in [0.717, 1.165) is 17.7 Å². The van der Waals surface area contributed by atoms with E-state index < -0.39 is 17.4 Å². The van der Waals surface area contributed by atoms with Crippen molar-refractivity contribution >= 4 is 11.9 Å². The predicted molar refractivity (Wildman–Crippen MR) is 122 cm³/mol. The Morgan fingerprint density at radius 3 is 1.85 bits per heavy atom. The number of benzene rings is 2. The van der Waals surface area contributed by atoms with Gasteiger partial charge >= 0.3 is 11.9 Å². The molecule has 2 rings (SSSR count). The van der Waals surface area contributed by atoms with E-state index in [0.29, 0.717) is 5.56 Å². The second-order valence-corrected chi connectivity index (χ2v) is 7.40. The summed E-state index contributed by atoms with van der Waals surface area (Å²) in [5.41, 5.74) is 0.931. The molecule has 8 heteroatoms. The zero-order valence-electron chi connectivity index (χ0n) is 18.7. The molecule has 0 saturated carbocycles. The van der Waals surface area contributed by atoms with Gasteiger partial charge in [-0.1, -0.05) is 45.2 Å². The monoisotopic (exact) mass is 456 g/mol. The minimum Gasteiger partial charge on any atom is -0.508 e. The number of carbonyl (C=O) groups excluding carboxylic acids is 2. The summed E-state index contributed by atoms with van der Waals surface area (Å²) in [5, 5.41) is 20.1. The van der Waals surface area contributed by atoms with E-state index in [1.54, 1.807) is 30.3 Å². The highest BCUT2D eigenvalue weighted by Crippen LogP contribution is 2.46. The Hall–Kier alpha value is -3.94. The average molecular weight is 456 g/mol. The largest absolute Gasteiger partial charge is 0.508 e. The molecule has 0 spiro atoms. The summed E-state index contributed by atoms with van der Waals surface area (Å²) in [6.45, 7) is 10.4. The maximum absolute atomic E-state index is 11.3. The smallest absolute Gasteiger partial charge is 0.330 e. The van der Waals surface area contributed by atoms with Crippen molar-refractivity contribution in [2.24, 2.45) is 0 Å². The number of rotatable bonds is 12. The lowest BCUT2D eigenvalue weighted by Crippen LogP contribution is -2.22. The highest BCUT2D eigenvalue weighted by atomic mass is 16.6. The summed E-state index contributed by atoms with van der Waals surface area (Å²) in [4.78, 5) is 22.5. The molecule has 2 aromatic carbocycles. The van der Waals surface area contributed by atoms with Crippen molar-refractivity contribution in [3.05, 3.63) is 72.8 Å². The van der Waals surface area contributed by atoms with Crippen LogP contribution in [0.3, 0.4) is 0 Å². The van der Waals surface area contributed by atoms with E-state index >= 15 is 0 Å². The molecule has 2 aromatic rings. The molecule has 2 N–H and O–H groups in total. The maximum Gasteiger partial charge on any atom is 0.330 e. The van der Waals surface area contributed by atoms with Crippen LogP contribution in [0.1, 0.15) is 25.0 Å². The molecule has 33 heavy (non-hydrogen) atoms. The van der Waals surface area contributed by atoms with Crippen molar-refractivity contribution < 1.29 is 38.7 Å². The molecular formula is C25H28O8. The van der Waals surface area contributed by atoms with Crippen molar-refractivity contribution in [1.29, 1.82) is 0 Å². The van der Waals surface area contributed by atoms with E-state index in [4.69, 9.17) is 18.9 Å². The van der Waals surface area contributed by atoms with Crippen LogP contribution in [0.5, 0.6) is 23.0 Å². The Balaban J connectivity index is 2.37. The van der Waals surface area contributed by atoms with Gasteiger partial charge in [-0.2, -0.15) is 0 Å². The fourth-order valence-electron chi connectivity index (χ4n) is 3.05. The SMILES string of the molecule is C=CC(=O)OCCOc1c(O)ccc(C(C)(C)c2ccc(O)cc2)c1OCCOC(=O)C=C. The van der Waals surface area contributed by atoms with Crippen molar-refractivity contribution in [3.8, 4) is 23.0 Å². The normalized spacial score (nSPS) is 10.7. The van der Waals surface area contributed by atoms with Crippen LogP contribution in [0.2, 0.25) is 0 Å². The van der Waals surface area contributed by atoms with Gasteiger partial charge in [0.25, 0.3) is 0 Å². The van der Waals surface area contributed by atoms with Crippen LogP contribution in [0, 0.1) is 0 Å². The third kappa shape index (κ3) is 6.77. The van der Waals surface area contributed by atoms with Crippen molar-refractivity contribution in [2.45, 2.75) is 19.3 Å². The summed E-state index contributed by atoms with van der Waals surface area (Å²) in [6, 6.07) is 9.92. The van der Waals surface area contributed by atoms with Gasteiger partial charge in [0.05, 0.1) is 0 Å². The van der Waals surface area contributed by atoms with Crippen LogP contribution in [-0.2, 0) is 24.5 Å².